The molecule has 2 heterocycles. The first-order valence-electron chi connectivity index (χ1n) is 5.12. The molecule has 0 amide bonds. The van der Waals surface area contributed by atoms with Gasteiger partial charge in [-0.2, -0.15) is 0 Å². The molecule has 0 radical (unpaired) electrons. The lowest BCUT2D eigenvalue weighted by Crippen LogP contribution is -2.40. The summed E-state index contributed by atoms with van der Waals surface area (Å²) in [7, 11) is 0. The van der Waals surface area contributed by atoms with Crippen LogP contribution in [0.3, 0.4) is 0 Å². The van der Waals surface area contributed by atoms with Gasteiger partial charge in [0.2, 0.25) is 0 Å². The second kappa shape index (κ2) is 4.02. The highest BCUT2D eigenvalue weighted by Crippen LogP contribution is 2.14. The number of carboxylic acid groups (broad SMARTS) is 1. The topological polar surface area (TPSA) is 58.4 Å². The Kier molecular flexibility index (Phi) is 2.73. The van der Waals surface area contributed by atoms with Crippen LogP contribution in [0, 0.1) is 0 Å². The first-order chi connectivity index (χ1) is 7.16. The van der Waals surface area contributed by atoms with Gasteiger partial charge in [0.05, 0.1) is 13.0 Å². The predicted octanol–water partition coefficient (Wildman–Crippen LogP) is 0.562. The van der Waals surface area contributed by atoms with E-state index in [1.54, 1.807) is 6.20 Å². The summed E-state index contributed by atoms with van der Waals surface area (Å²) in [5.41, 5.74) is 0. The van der Waals surface area contributed by atoms with Crippen LogP contribution in [0.4, 0.5) is 0 Å². The summed E-state index contributed by atoms with van der Waals surface area (Å²) < 4.78 is 2.12. The van der Waals surface area contributed by atoms with E-state index < -0.39 is 5.97 Å². The fraction of sp³-hybridized carbons (Fsp3) is 0.600. The van der Waals surface area contributed by atoms with E-state index in [9.17, 15) is 4.79 Å². The van der Waals surface area contributed by atoms with Crippen molar-refractivity contribution in [3.63, 3.8) is 0 Å². The second-order valence-corrected chi connectivity index (χ2v) is 3.95. The average Bonchev–Trinajstić information content (AvgIpc) is 2.62. The molecule has 1 aliphatic rings. The van der Waals surface area contributed by atoms with Gasteiger partial charge in [-0.1, -0.05) is 0 Å². The number of hydrogen-bond donors (Lipinski definition) is 1. The Morgan fingerprint density at radius 3 is 3.20 bits per heavy atom. The van der Waals surface area contributed by atoms with E-state index in [1.165, 1.54) is 0 Å². The van der Waals surface area contributed by atoms with Gasteiger partial charge in [-0.15, -0.1) is 0 Å². The van der Waals surface area contributed by atoms with Crippen LogP contribution in [0.25, 0.3) is 0 Å². The molecule has 0 fully saturated rings. The molecule has 1 N–H and O–H groups in total. The number of aliphatic carboxylic acids is 1. The van der Waals surface area contributed by atoms with Gasteiger partial charge in [-0.05, 0) is 6.92 Å². The molecule has 0 bridgehead atoms. The fourth-order valence-corrected chi connectivity index (χ4v) is 1.95. The number of nitrogens with zero attached hydrogens (tertiary/aromatic N) is 3. The Bertz CT molecular complexity index is 361. The number of hydrogen-bond acceptors (Lipinski definition) is 3. The van der Waals surface area contributed by atoms with Gasteiger partial charge >= 0.3 is 5.97 Å². The zero-order valence-electron chi connectivity index (χ0n) is 8.76. The van der Waals surface area contributed by atoms with E-state index in [0.29, 0.717) is 0 Å². The van der Waals surface area contributed by atoms with Gasteiger partial charge in [0.15, 0.2) is 0 Å². The van der Waals surface area contributed by atoms with Crippen molar-refractivity contribution < 1.29 is 9.90 Å². The van der Waals surface area contributed by atoms with Gasteiger partial charge in [0, 0.05) is 31.5 Å². The highest BCUT2D eigenvalue weighted by Gasteiger charge is 2.22. The third-order valence-corrected chi connectivity index (χ3v) is 2.87. The van der Waals surface area contributed by atoms with E-state index >= 15 is 0 Å². The van der Waals surface area contributed by atoms with E-state index in [1.807, 2.05) is 13.1 Å². The Labute approximate surface area is 88.3 Å². The van der Waals surface area contributed by atoms with Crippen LogP contribution in [-0.4, -0.2) is 38.1 Å². The van der Waals surface area contributed by atoms with E-state index in [4.69, 9.17) is 5.11 Å². The number of rotatable bonds is 3. The van der Waals surface area contributed by atoms with Gasteiger partial charge in [0.1, 0.15) is 5.82 Å². The molecule has 0 saturated carbocycles. The molecule has 0 spiro atoms. The lowest BCUT2D eigenvalue weighted by Gasteiger charge is -2.31. The Balaban J connectivity index is 2.00. The summed E-state index contributed by atoms with van der Waals surface area (Å²) in [6, 6.07) is 0.0768. The largest absolute Gasteiger partial charge is 0.481 e. The number of aromatic nitrogens is 2. The van der Waals surface area contributed by atoms with Crippen LogP contribution in [0.2, 0.25) is 0 Å². The zero-order valence-corrected chi connectivity index (χ0v) is 8.76. The molecule has 5 heteroatoms. The van der Waals surface area contributed by atoms with Crippen LogP contribution in [0.5, 0.6) is 0 Å². The normalized spacial score (nSPS) is 18.5. The molecule has 82 valence electrons. The fourth-order valence-electron chi connectivity index (χ4n) is 1.95. The quantitative estimate of drug-likeness (QED) is 0.790. The minimum absolute atomic E-state index is 0.0768. The monoisotopic (exact) mass is 209 g/mol. The zero-order chi connectivity index (χ0) is 10.8. The molecule has 1 aromatic rings. The lowest BCUT2D eigenvalue weighted by atomic mass is 10.2. The van der Waals surface area contributed by atoms with Crippen molar-refractivity contribution in [3.8, 4) is 0 Å². The Morgan fingerprint density at radius 2 is 2.47 bits per heavy atom. The molecule has 1 aliphatic heterocycles. The summed E-state index contributed by atoms with van der Waals surface area (Å²) in [5, 5.41) is 8.72. The maximum atomic E-state index is 10.6. The van der Waals surface area contributed by atoms with Gasteiger partial charge in [-0.25, -0.2) is 4.98 Å². The van der Waals surface area contributed by atoms with Gasteiger partial charge in [-0.3, -0.25) is 9.69 Å². The third-order valence-electron chi connectivity index (χ3n) is 2.87. The maximum Gasteiger partial charge on any atom is 0.304 e. The van der Waals surface area contributed by atoms with Crippen molar-refractivity contribution in [2.45, 2.75) is 32.5 Å². The number of fused-ring (bicyclic) bond motifs is 1. The van der Waals surface area contributed by atoms with Crippen molar-refractivity contribution >= 4 is 5.97 Å². The molecule has 1 atom stereocenters. The average molecular weight is 209 g/mol. The van der Waals surface area contributed by atoms with Gasteiger partial charge in [0.25, 0.3) is 0 Å². The first-order valence-corrected chi connectivity index (χ1v) is 5.12. The smallest absolute Gasteiger partial charge is 0.304 e. The Morgan fingerprint density at radius 1 is 1.67 bits per heavy atom. The summed E-state index contributed by atoms with van der Waals surface area (Å²) in [5.74, 6) is 0.287. The van der Waals surface area contributed by atoms with E-state index in [2.05, 4.69) is 14.5 Å². The van der Waals surface area contributed by atoms with Crippen LogP contribution in [0.15, 0.2) is 12.4 Å². The second-order valence-electron chi connectivity index (χ2n) is 3.95. The number of carbonyl (C=O) groups is 1. The maximum absolute atomic E-state index is 10.6. The van der Waals surface area contributed by atoms with Crippen molar-refractivity contribution in [2.75, 3.05) is 6.54 Å². The summed E-state index contributed by atoms with van der Waals surface area (Å²) in [6.07, 6.45) is 3.95. The van der Waals surface area contributed by atoms with E-state index in [-0.39, 0.29) is 12.5 Å². The molecule has 1 aromatic heterocycles. The molecule has 15 heavy (non-hydrogen) atoms. The molecule has 1 unspecified atom stereocenters. The van der Waals surface area contributed by atoms with Crippen molar-refractivity contribution in [1.82, 2.24) is 14.5 Å². The number of carboxylic acids is 1. The molecular weight excluding hydrogens is 194 g/mol. The minimum Gasteiger partial charge on any atom is -0.481 e. The summed E-state index contributed by atoms with van der Waals surface area (Å²) >= 11 is 0. The predicted molar refractivity (Wildman–Crippen MR) is 54.4 cm³/mol. The molecule has 5 nitrogen and oxygen atoms in total. The van der Waals surface area contributed by atoms with E-state index in [0.717, 1.165) is 25.5 Å². The summed E-state index contributed by atoms with van der Waals surface area (Å²) in [4.78, 5) is 17.0. The van der Waals surface area contributed by atoms with Crippen molar-refractivity contribution in [2.24, 2.45) is 0 Å². The van der Waals surface area contributed by atoms with Crippen molar-refractivity contribution in [1.29, 1.82) is 0 Å². The summed E-state index contributed by atoms with van der Waals surface area (Å²) in [6.45, 7) is 4.51. The SMILES string of the molecule is CC(CC(=O)O)N1CCn2ccnc2C1. The highest BCUT2D eigenvalue weighted by molar-refractivity contribution is 5.67. The van der Waals surface area contributed by atoms with Crippen LogP contribution in [-0.2, 0) is 17.9 Å². The molecule has 0 aliphatic carbocycles. The lowest BCUT2D eigenvalue weighted by molar-refractivity contribution is -0.138. The standard InChI is InChI=1S/C10H15N3O2/c1-8(6-10(14)15)13-5-4-12-3-2-11-9(12)7-13/h2-3,8H,4-7H2,1H3,(H,14,15). The van der Waals surface area contributed by atoms with Crippen LogP contribution >= 0.6 is 0 Å². The van der Waals surface area contributed by atoms with Crippen LogP contribution in [0.1, 0.15) is 19.2 Å². The molecule has 0 aromatic carbocycles. The minimum atomic E-state index is -0.739. The third kappa shape index (κ3) is 2.18. The highest BCUT2D eigenvalue weighted by atomic mass is 16.4. The first kappa shape index (κ1) is 10.2. The molecule has 2 rings (SSSR count). The Hall–Kier alpha value is -1.36. The number of imidazole rings is 1. The van der Waals surface area contributed by atoms with Crippen LogP contribution < -0.4 is 0 Å². The molecule has 0 saturated heterocycles. The molecular formula is C10H15N3O2. The van der Waals surface area contributed by atoms with Crippen molar-refractivity contribution in [3.05, 3.63) is 18.2 Å². The van der Waals surface area contributed by atoms with Gasteiger partial charge < -0.3 is 9.67 Å².